The van der Waals surface area contributed by atoms with Crippen LogP contribution in [0.1, 0.15) is 5.56 Å². The molecule has 0 atom stereocenters. The first-order valence-electron chi connectivity index (χ1n) is 5.58. The maximum absolute atomic E-state index is 9.73. The SMILES string of the molecule is COc1cc(CN(C)C2CNC2)cc(Br)c1O. The van der Waals surface area contributed by atoms with Crippen LogP contribution in [-0.4, -0.2) is 43.3 Å². The van der Waals surface area contributed by atoms with Crippen molar-refractivity contribution in [3.8, 4) is 11.5 Å². The first-order chi connectivity index (χ1) is 8.11. The number of hydrogen-bond donors (Lipinski definition) is 2. The van der Waals surface area contributed by atoms with Crippen LogP contribution in [0.3, 0.4) is 0 Å². The Hall–Kier alpha value is -0.780. The number of ether oxygens (including phenoxy) is 1. The molecule has 17 heavy (non-hydrogen) atoms. The van der Waals surface area contributed by atoms with Crippen LogP contribution in [0.5, 0.6) is 11.5 Å². The van der Waals surface area contributed by atoms with E-state index in [1.807, 2.05) is 12.1 Å². The standard InChI is InChI=1S/C12H17BrN2O2/c1-15(9-5-14-6-9)7-8-3-10(13)12(16)11(4-8)17-2/h3-4,9,14,16H,5-7H2,1-2H3. The van der Waals surface area contributed by atoms with Crippen molar-refractivity contribution in [3.63, 3.8) is 0 Å². The fourth-order valence-corrected chi connectivity index (χ4v) is 2.37. The van der Waals surface area contributed by atoms with Gasteiger partial charge in [-0.15, -0.1) is 0 Å². The lowest BCUT2D eigenvalue weighted by Gasteiger charge is -2.35. The Balaban J connectivity index is 2.12. The second-order valence-electron chi connectivity index (χ2n) is 4.36. The van der Waals surface area contributed by atoms with Crippen molar-refractivity contribution < 1.29 is 9.84 Å². The van der Waals surface area contributed by atoms with E-state index >= 15 is 0 Å². The molecule has 2 N–H and O–H groups in total. The van der Waals surface area contributed by atoms with Crippen molar-refractivity contribution >= 4 is 15.9 Å². The van der Waals surface area contributed by atoms with Crippen molar-refractivity contribution in [2.24, 2.45) is 0 Å². The molecule has 0 saturated carbocycles. The van der Waals surface area contributed by atoms with Gasteiger partial charge < -0.3 is 15.2 Å². The third kappa shape index (κ3) is 2.73. The number of phenolic OH excluding ortho intramolecular Hbond substituents is 1. The molecule has 0 unspecified atom stereocenters. The Labute approximate surface area is 110 Å². The Kier molecular flexibility index (Phi) is 3.91. The number of phenols is 1. The van der Waals surface area contributed by atoms with Crippen LogP contribution < -0.4 is 10.1 Å². The minimum absolute atomic E-state index is 0.157. The lowest BCUT2D eigenvalue weighted by atomic mass is 10.1. The van der Waals surface area contributed by atoms with E-state index in [0.29, 0.717) is 16.3 Å². The average molecular weight is 301 g/mol. The molecule has 4 nitrogen and oxygen atoms in total. The van der Waals surface area contributed by atoms with E-state index in [0.717, 1.165) is 25.2 Å². The third-order valence-electron chi connectivity index (χ3n) is 3.12. The van der Waals surface area contributed by atoms with E-state index in [9.17, 15) is 5.11 Å². The number of likely N-dealkylation sites (N-methyl/N-ethyl adjacent to an activating group) is 1. The number of hydrogen-bond acceptors (Lipinski definition) is 4. The Morgan fingerprint density at radius 3 is 2.76 bits per heavy atom. The van der Waals surface area contributed by atoms with Crippen molar-refractivity contribution in [3.05, 3.63) is 22.2 Å². The molecule has 0 aromatic heterocycles. The van der Waals surface area contributed by atoms with Crippen LogP contribution in [-0.2, 0) is 6.54 Å². The van der Waals surface area contributed by atoms with E-state index in [1.54, 1.807) is 7.11 Å². The highest BCUT2D eigenvalue weighted by Crippen LogP contribution is 2.35. The molecular formula is C12H17BrN2O2. The van der Waals surface area contributed by atoms with Gasteiger partial charge in [0.25, 0.3) is 0 Å². The fraction of sp³-hybridized carbons (Fsp3) is 0.500. The normalized spacial score (nSPS) is 16.0. The first kappa shape index (κ1) is 12.7. The lowest BCUT2D eigenvalue weighted by molar-refractivity contribution is 0.173. The molecule has 1 heterocycles. The van der Waals surface area contributed by atoms with Crippen molar-refractivity contribution in [2.45, 2.75) is 12.6 Å². The second-order valence-corrected chi connectivity index (χ2v) is 5.21. The summed E-state index contributed by atoms with van der Waals surface area (Å²) in [5, 5.41) is 13.0. The second kappa shape index (κ2) is 5.25. The smallest absolute Gasteiger partial charge is 0.172 e. The molecule has 0 aliphatic carbocycles. The highest BCUT2D eigenvalue weighted by atomic mass is 79.9. The van der Waals surface area contributed by atoms with Gasteiger partial charge in [0.2, 0.25) is 0 Å². The molecule has 1 fully saturated rings. The van der Waals surface area contributed by atoms with Gasteiger partial charge in [0.1, 0.15) is 0 Å². The van der Waals surface area contributed by atoms with Crippen LogP contribution in [0, 0.1) is 0 Å². The highest BCUT2D eigenvalue weighted by Gasteiger charge is 2.21. The van der Waals surface area contributed by atoms with Crippen molar-refractivity contribution in [1.82, 2.24) is 10.2 Å². The van der Waals surface area contributed by atoms with Gasteiger partial charge in [-0.05, 0) is 40.7 Å². The molecule has 1 aromatic carbocycles. The molecule has 0 radical (unpaired) electrons. The van der Waals surface area contributed by atoms with Gasteiger partial charge in [-0.3, -0.25) is 4.90 Å². The van der Waals surface area contributed by atoms with E-state index in [2.05, 4.69) is 33.2 Å². The van der Waals surface area contributed by atoms with Crippen LogP contribution in [0.25, 0.3) is 0 Å². The van der Waals surface area contributed by atoms with Gasteiger partial charge in [0, 0.05) is 25.7 Å². The van der Waals surface area contributed by atoms with Gasteiger partial charge in [-0.1, -0.05) is 0 Å². The summed E-state index contributed by atoms with van der Waals surface area (Å²) < 4.78 is 5.81. The minimum Gasteiger partial charge on any atom is -0.503 e. The van der Waals surface area contributed by atoms with Crippen molar-refractivity contribution in [2.75, 3.05) is 27.2 Å². The van der Waals surface area contributed by atoms with Crippen LogP contribution in [0.2, 0.25) is 0 Å². The quantitative estimate of drug-likeness (QED) is 0.886. The van der Waals surface area contributed by atoms with Crippen LogP contribution >= 0.6 is 15.9 Å². The van der Waals surface area contributed by atoms with Gasteiger partial charge in [0.15, 0.2) is 11.5 Å². The molecule has 0 amide bonds. The summed E-state index contributed by atoms with van der Waals surface area (Å²) in [4.78, 5) is 2.30. The van der Waals surface area contributed by atoms with E-state index in [-0.39, 0.29) is 5.75 Å². The number of halogens is 1. The number of nitrogens with one attached hydrogen (secondary N) is 1. The van der Waals surface area contributed by atoms with E-state index in [1.165, 1.54) is 0 Å². The van der Waals surface area contributed by atoms with Gasteiger partial charge >= 0.3 is 0 Å². The molecule has 2 rings (SSSR count). The monoisotopic (exact) mass is 300 g/mol. The Morgan fingerprint density at radius 1 is 1.53 bits per heavy atom. The topological polar surface area (TPSA) is 44.7 Å². The maximum atomic E-state index is 9.73. The van der Waals surface area contributed by atoms with Crippen LogP contribution in [0.15, 0.2) is 16.6 Å². The third-order valence-corrected chi connectivity index (χ3v) is 3.73. The molecule has 94 valence electrons. The van der Waals surface area contributed by atoms with E-state index < -0.39 is 0 Å². The summed E-state index contributed by atoms with van der Waals surface area (Å²) in [6.07, 6.45) is 0. The largest absolute Gasteiger partial charge is 0.503 e. The fourth-order valence-electron chi connectivity index (χ4n) is 1.88. The number of benzene rings is 1. The summed E-state index contributed by atoms with van der Waals surface area (Å²) in [7, 11) is 3.67. The average Bonchev–Trinajstić information content (AvgIpc) is 2.20. The van der Waals surface area contributed by atoms with E-state index in [4.69, 9.17) is 4.74 Å². The number of methoxy groups -OCH3 is 1. The molecule has 0 spiro atoms. The predicted molar refractivity (Wildman–Crippen MR) is 70.5 cm³/mol. The predicted octanol–water partition coefficient (Wildman–Crippen LogP) is 1.57. The Morgan fingerprint density at radius 2 is 2.24 bits per heavy atom. The zero-order valence-corrected chi connectivity index (χ0v) is 11.6. The minimum atomic E-state index is 0.157. The summed E-state index contributed by atoms with van der Waals surface area (Å²) >= 11 is 3.33. The maximum Gasteiger partial charge on any atom is 0.172 e. The van der Waals surface area contributed by atoms with Gasteiger partial charge in [-0.2, -0.15) is 0 Å². The molecule has 1 aromatic rings. The van der Waals surface area contributed by atoms with Gasteiger partial charge in [0.05, 0.1) is 11.6 Å². The zero-order valence-electron chi connectivity index (χ0n) is 10.0. The highest BCUT2D eigenvalue weighted by molar-refractivity contribution is 9.10. The summed E-state index contributed by atoms with van der Waals surface area (Å²) in [6, 6.07) is 4.41. The molecule has 1 saturated heterocycles. The molecule has 1 aliphatic rings. The number of aromatic hydroxyl groups is 1. The molecule has 1 aliphatic heterocycles. The van der Waals surface area contributed by atoms with Gasteiger partial charge in [-0.25, -0.2) is 0 Å². The number of nitrogens with zero attached hydrogens (tertiary/aromatic N) is 1. The number of rotatable bonds is 4. The van der Waals surface area contributed by atoms with Crippen LogP contribution in [0.4, 0.5) is 0 Å². The summed E-state index contributed by atoms with van der Waals surface area (Å²) in [5.41, 5.74) is 1.13. The summed E-state index contributed by atoms with van der Waals surface area (Å²) in [6.45, 7) is 2.95. The zero-order chi connectivity index (χ0) is 12.4. The van der Waals surface area contributed by atoms with Crippen molar-refractivity contribution in [1.29, 1.82) is 0 Å². The Bertz CT molecular complexity index is 408. The molecule has 5 heteroatoms. The molecule has 0 bridgehead atoms. The first-order valence-corrected chi connectivity index (χ1v) is 6.37. The molecular weight excluding hydrogens is 284 g/mol. The lowest BCUT2D eigenvalue weighted by Crippen LogP contribution is -2.55. The summed E-state index contributed by atoms with van der Waals surface area (Å²) in [5.74, 6) is 0.665.